The standard InChI is InChI=1S/C16H16FNO/c1-11-6-7-12(2)15(8-11)16(19)10-18-14-5-3-4-13(17)9-14/h3-9,18H,10H2,1-2H3. The van der Waals surface area contributed by atoms with Gasteiger partial charge >= 0.3 is 0 Å². The highest BCUT2D eigenvalue weighted by molar-refractivity contribution is 6.00. The fraction of sp³-hybridized carbons (Fsp3) is 0.188. The van der Waals surface area contributed by atoms with Gasteiger partial charge in [-0.3, -0.25) is 4.79 Å². The van der Waals surface area contributed by atoms with Crippen LogP contribution in [0.2, 0.25) is 0 Å². The Bertz CT molecular complexity index is 607. The molecule has 2 rings (SSSR count). The van der Waals surface area contributed by atoms with Crippen molar-refractivity contribution in [1.29, 1.82) is 0 Å². The third-order valence-electron chi connectivity index (χ3n) is 2.97. The van der Waals surface area contributed by atoms with Gasteiger partial charge in [-0.05, 0) is 43.7 Å². The van der Waals surface area contributed by atoms with Gasteiger partial charge in [0.1, 0.15) is 5.82 Å². The van der Waals surface area contributed by atoms with Crippen LogP contribution >= 0.6 is 0 Å². The minimum atomic E-state index is -0.316. The maximum Gasteiger partial charge on any atom is 0.182 e. The molecule has 0 aliphatic carbocycles. The van der Waals surface area contributed by atoms with E-state index in [0.717, 1.165) is 11.1 Å². The van der Waals surface area contributed by atoms with Crippen LogP contribution in [0.3, 0.4) is 0 Å². The first kappa shape index (κ1) is 13.3. The van der Waals surface area contributed by atoms with Gasteiger partial charge in [-0.25, -0.2) is 4.39 Å². The Balaban J connectivity index is 2.07. The predicted molar refractivity (Wildman–Crippen MR) is 75.1 cm³/mol. The van der Waals surface area contributed by atoms with Gasteiger partial charge in [0, 0.05) is 11.3 Å². The summed E-state index contributed by atoms with van der Waals surface area (Å²) in [4.78, 5) is 12.1. The third kappa shape index (κ3) is 3.41. The Kier molecular flexibility index (Phi) is 3.95. The topological polar surface area (TPSA) is 29.1 Å². The van der Waals surface area contributed by atoms with Gasteiger partial charge in [0.15, 0.2) is 5.78 Å². The Hall–Kier alpha value is -2.16. The third-order valence-corrected chi connectivity index (χ3v) is 2.97. The van der Waals surface area contributed by atoms with Crippen LogP contribution in [0, 0.1) is 19.7 Å². The number of benzene rings is 2. The first-order valence-corrected chi connectivity index (χ1v) is 6.16. The minimum Gasteiger partial charge on any atom is -0.377 e. The summed E-state index contributed by atoms with van der Waals surface area (Å²) >= 11 is 0. The van der Waals surface area contributed by atoms with E-state index in [9.17, 15) is 9.18 Å². The largest absolute Gasteiger partial charge is 0.377 e. The highest BCUT2D eigenvalue weighted by atomic mass is 19.1. The Morgan fingerprint density at radius 1 is 1.16 bits per heavy atom. The number of rotatable bonds is 4. The number of anilines is 1. The quantitative estimate of drug-likeness (QED) is 0.845. The SMILES string of the molecule is Cc1ccc(C)c(C(=O)CNc2cccc(F)c2)c1. The van der Waals surface area contributed by atoms with Crippen LogP contribution < -0.4 is 5.32 Å². The lowest BCUT2D eigenvalue weighted by Gasteiger charge is -2.08. The zero-order chi connectivity index (χ0) is 13.8. The number of aryl methyl sites for hydroxylation is 2. The predicted octanol–water partition coefficient (Wildman–Crippen LogP) is 3.74. The molecule has 0 atom stereocenters. The normalized spacial score (nSPS) is 10.3. The molecule has 0 aromatic heterocycles. The van der Waals surface area contributed by atoms with Crippen molar-refractivity contribution in [2.24, 2.45) is 0 Å². The molecule has 0 saturated heterocycles. The Morgan fingerprint density at radius 3 is 2.68 bits per heavy atom. The molecule has 1 N–H and O–H groups in total. The number of ketones is 1. The van der Waals surface area contributed by atoms with Crippen LogP contribution in [0.4, 0.5) is 10.1 Å². The van der Waals surface area contributed by atoms with Crippen molar-refractivity contribution >= 4 is 11.5 Å². The molecule has 0 aliphatic heterocycles. The van der Waals surface area contributed by atoms with Crippen LogP contribution in [-0.4, -0.2) is 12.3 Å². The molecule has 19 heavy (non-hydrogen) atoms. The van der Waals surface area contributed by atoms with E-state index in [1.807, 2.05) is 32.0 Å². The molecule has 3 heteroatoms. The van der Waals surface area contributed by atoms with Gasteiger partial charge in [0.05, 0.1) is 6.54 Å². The molecule has 0 amide bonds. The molecule has 0 saturated carbocycles. The van der Waals surface area contributed by atoms with E-state index in [1.165, 1.54) is 12.1 Å². The van der Waals surface area contributed by atoms with E-state index < -0.39 is 0 Å². The number of hydrogen-bond acceptors (Lipinski definition) is 2. The van der Waals surface area contributed by atoms with Gasteiger partial charge in [0.25, 0.3) is 0 Å². The average Bonchev–Trinajstić information content (AvgIpc) is 2.39. The van der Waals surface area contributed by atoms with Crippen LogP contribution in [0.1, 0.15) is 21.5 Å². The molecule has 0 unspecified atom stereocenters. The maximum absolute atomic E-state index is 13.0. The summed E-state index contributed by atoms with van der Waals surface area (Å²) in [6.07, 6.45) is 0. The van der Waals surface area contributed by atoms with E-state index in [2.05, 4.69) is 5.32 Å². The van der Waals surface area contributed by atoms with Gasteiger partial charge in [-0.2, -0.15) is 0 Å². The molecule has 2 aromatic carbocycles. The number of carbonyl (C=O) groups excluding carboxylic acids is 1. The van der Waals surface area contributed by atoms with E-state index in [1.54, 1.807) is 12.1 Å². The second-order valence-electron chi connectivity index (χ2n) is 4.61. The smallest absolute Gasteiger partial charge is 0.182 e. The molecule has 0 bridgehead atoms. The molecule has 2 aromatic rings. The number of carbonyl (C=O) groups is 1. The van der Waals surface area contributed by atoms with E-state index in [-0.39, 0.29) is 18.1 Å². The minimum absolute atomic E-state index is 0.00506. The van der Waals surface area contributed by atoms with Gasteiger partial charge in [-0.1, -0.05) is 23.8 Å². The molecular weight excluding hydrogens is 241 g/mol. The van der Waals surface area contributed by atoms with Crippen molar-refractivity contribution in [3.8, 4) is 0 Å². The highest BCUT2D eigenvalue weighted by Gasteiger charge is 2.09. The zero-order valence-electron chi connectivity index (χ0n) is 11.0. The maximum atomic E-state index is 13.0. The second kappa shape index (κ2) is 5.65. The van der Waals surface area contributed by atoms with Crippen molar-refractivity contribution in [2.75, 3.05) is 11.9 Å². The summed E-state index contributed by atoms with van der Waals surface area (Å²) < 4.78 is 13.0. The average molecular weight is 257 g/mol. The fourth-order valence-corrected chi connectivity index (χ4v) is 1.91. The van der Waals surface area contributed by atoms with Gasteiger partial charge < -0.3 is 5.32 Å². The lowest BCUT2D eigenvalue weighted by molar-refractivity contribution is 0.101. The number of Topliss-reactive ketones (excluding diaryl/α,β-unsaturated/α-hetero) is 1. The summed E-state index contributed by atoms with van der Waals surface area (Å²) in [7, 11) is 0. The van der Waals surface area contributed by atoms with E-state index in [0.29, 0.717) is 11.3 Å². The molecule has 0 radical (unpaired) electrons. The summed E-state index contributed by atoms with van der Waals surface area (Å²) in [6, 6.07) is 11.9. The van der Waals surface area contributed by atoms with Crippen molar-refractivity contribution in [3.05, 3.63) is 65.0 Å². The molecule has 2 nitrogen and oxygen atoms in total. The molecule has 0 heterocycles. The van der Waals surface area contributed by atoms with E-state index in [4.69, 9.17) is 0 Å². The van der Waals surface area contributed by atoms with Crippen LogP contribution in [-0.2, 0) is 0 Å². The monoisotopic (exact) mass is 257 g/mol. The number of nitrogens with one attached hydrogen (secondary N) is 1. The summed E-state index contributed by atoms with van der Waals surface area (Å²) in [5.41, 5.74) is 3.33. The lowest BCUT2D eigenvalue weighted by atomic mass is 10.0. The Labute approximate surface area is 112 Å². The summed E-state index contributed by atoms with van der Waals surface area (Å²) in [5.74, 6) is -0.311. The lowest BCUT2D eigenvalue weighted by Crippen LogP contribution is -2.15. The first-order valence-electron chi connectivity index (χ1n) is 6.16. The zero-order valence-corrected chi connectivity index (χ0v) is 11.0. The molecule has 0 spiro atoms. The van der Waals surface area contributed by atoms with Crippen LogP contribution in [0.5, 0.6) is 0 Å². The van der Waals surface area contributed by atoms with E-state index >= 15 is 0 Å². The molecule has 98 valence electrons. The highest BCUT2D eigenvalue weighted by Crippen LogP contribution is 2.13. The van der Waals surface area contributed by atoms with Crippen molar-refractivity contribution in [1.82, 2.24) is 0 Å². The number of halogens is 1. The fourth-order valence-electron chi connectivity index (χ4n) is 1.91. The summed E-state index contributed by atoms with van der Waals surface area (Å²) in [6.45, 7) is 4.03. The summed E-state index contributed by atoms with van der Waals surface area (Å²) in [5, 5.41) is 2.94. The molecule has 0 aliphatic rings. The number of hydrogen-bond donors (Lipinski definition) is 1. The van der Waals surface area contributed by atoms with Crippen molar-refractivity contribution in [3.63, 3.8) is 0 Å². The van der Waals surface area contributed by atoms with Crippen molar-refractivity contribution in [2.45, 2.75) is 13.8 Å². The van der Waals surface area contributed by atoms with Gasteiger partial charge in [-0.15, -0.1) is 0 Å². The molecule has 0 fully saturated rings. The van der Waals surface area contributed by atoms with Gasteiger partial charge in [0.2, 0.25) is 0 Å². The van der Waals surface area contributed by atoms with Crippen LogP contribution in [0.15, 0.2) is 42.5 Å². The Morgan fingerprint density at radius 2 is 1.95 bits per heavy atom. The molecular formula is C16H16FNO. The first-order chi connectivity index (χ1) is 9.06. The van der Waals surface area contributed by atoms with Crippen molar-refractivity contribution < 1.29 is 9.18 Å². The second-order valence-corrected chi connectivity index (χ2v) is 4.61. The van der Waals surface area contributed by atoms with Crippen LogP contribution in [0.25, 0.3) is 0 Å².